The van der Waals surface area contributed by atoms with Crippen LogP contribution in [0.1, 0.15) is 38.1 Å². The summed E-state index contributed by atoms with van der Waals surface area (Å²) >= 11 is 1.46. The van der Waals surface area contributed by atoms with Crippen molar-refractivity contribution in [2.45, 2.75) is 19.9 Å². The van der Waals surface area contributed by atoms with E-state index >= 15 is 0 Å². The first-order valence-corrected chi connectivity index (χ1v) is 11.1. The Morgan fingerprint density at radius 1 is 1.19 bits per heavy atom. The number of thiophene rings is 1. The maximum Gasteiger partial charge on any atom is 0.257 e. The number of benzene rings is 1. The van der Waals surface area contributed by atoms with Crippen LogP contribution in [0.4, 0.5) is 5.00 Å². The van der Waals surface area contributed by atoms with E-state index in [2.05, 4.69) is 4.98 Å². The molecular weight excluding hydrogens is 412 g/mol. The van der Waals surface area contributed by atoms with Crippen molar-refractivity contribution in [3.8, 4) is 0 Å². The summed E-state index contributed by atoms with van der Waals surface area (Å²) < 4.78 is 0. The van der Waals surface area contributed by atoms with E-state index in [0.29, 0.717) is 37.2 Å². The minimum Gasteiger partial charge on any atom is -0.333 e. The third-order valence-electron chi connectivity index (χ3n) is 6.03. The summed E-state index contributed by atoms with van der Waals surface area (Å²) in [6, 6.07) is 7.59. The second kappa shape index (κ2) is 7.46. The molecule has 0 atom stereocenters. The van der Waals surface area contributed by atoms with Gasteiger partial charge in [-0.2, -0.15) is 0 Å². The Morgan fingerprint density at radius 3 is 2.84 bits per heavy atom. The Morgan fingerprint density at radius 2 is 2.03 bits per heavy atom. The topological polar surface area (TPSA) is 73.8 Å². The summed E-state index contributed by atoms with van der Waals surface area (Å²) in [5, 5.41) is 2.53. The normalized spacial score (nSPS) is 16.4. The number of fused-ring (bicyclic) bond motifs is 4. The predicted molar refractivity (Wildman–Crippen MR) is 119 cm³/mol. The van der Waals surface area contributed by atoms with Gasteiger partial charge in [0, 0.05) is 48.4 Å². The molecule has 4 heterocycles. The molecule has 31 heavy (non-hydrogen) atoms. The Balaban J connectivity index is 1.52. The number of rotatable bonds is 2. The molecule has 2 aromatic heterocycles. The van der Waals surface area contributed by atoms with Crippen LogP contribution in [0.25, 0.3) is 10.8 Å². The lowest BCUT2D eigenvalue weighted by molar-refractivity contribution is -0.118. The molecule has 158 valence electrons. The average Bonchev–Trinajstić information content (AvgIpc) is 3.12. The molecule has 3 amide bonds. The number of anilines is 1. The third-order valence-corrected chi connectivity index (χ3v) is 7.27. The van der Waals surface area contributed by atoms with Gasteiger partial charge in [0.05, 0.1) is 12.1 Å². The fourth-order valence-corrected chi connectivity index (χ4v) is 5.86. The molecule has 0 aliphatic carbocycles. The fourth-order valence-electron chi connectivity index (χ4n) is 4.43. The Labute approximate surface area is 183 Å². The predicted octanol–water partition coefficient (Wildman–Crippen LogP) is 2.93. The summed E-state index contributed by atoms with van der Waals surface area (Å²) in [4.78, 5) is 49.2. The molecule has 0 N–H and O–H groups in total. The molecule has 0 bridgehead atoms. The zero-order chi connectivity index (χ0) is 21.7. The van der Waals surface area contributed by atoms with Gasteiger partial charge in [-0.3, -0.25) is 19.4 Å². The van der Waals surface area contributed by atoms with Crippen molar-refractivity contribution in [2.75, 3.05) is 31.6 Å². The average molecular weight is 435 g/mol. The maximum absolute atomic E-state index is 13.4. The van der Waals surface area contributed by atoms with Gasteiger partial charge in [-0.25, -0.2) is 0 Å². The smallest absolute Gasteiger partial charge is 0.257 e. The molecule has 5 rings (SSSR count). The van der Waals surface area contributed by atoms with E-state index in [4.69, 9.17) is 0 Å². The van der Waals surface area contributed by atoms with Crippen LogP contribution in [0.15, 0.2) is 36.7 Å². The molecule has 7 nitrogen and oxygen atoms in total. The summed E-state index contributed by atoms with van der Waals surface area (Å²) in [5.41, 5.74) is 2.25. The quantitative estimate of drug-likeness (QED) is 0.622. The van der Waals surface area contributed by atoms with E-state index in [1.54, 1.807) is 24.3 Å². The molecule has 1 aromatic carbocycles. The Kier molecular flexibility index (Phi) is 4.74. The summed E-state index contributed by atoms with van der Waals surface area (Å²) in [6.07, 6.45) is 4.04. The lowest BCUT2D eigenvalue weighted by Gasteiger charge is -2.28. The van der Waals surface area contributed by atoms with Crippen LogP contribution in [0, 0.1) is 0 Å². The molecule has 3 aromatic rings. The number of carbonyl (C=O) groups excluding carboxylic acids is 3. The Hall–Kier alpha value is -3.26. The van der Waals surface area contributed by atoms with E-state index in [-0.39, 0.29) is 24.3 Å². The lowest BCUT2D eigenvalue weighted by Crippen LogP contribution is -2.38. The lowest BCUT2D eigenvalue weighted by atomic mass is 10.00. The number of amides is 3. The highest BCUT2D eigenvalue weighted by molar-refractivity contribution is 7.17. The zero-order valence-electron chi connectivity index (χ0n) is 17.4. The van der Waals surface area contributed by atoms with Crippen molar-refractivity contribution in [3.63, 3.8) is 0 Å². The minimum absolute atomic E-state index is 0.0419. The van der Waals surface area contributed by atoms with Crippen molar-refractivity contribution in [2.24, 2.45) is 0 Å². The van der Waals surface area contributed by atoms with E-state index in [0.717, 1.165) is 26.2 Å². The van der Waals surface area contributed by atoms with Gasteiger partial charge in [-0.05, 0) is 36.4 Å². The van der Waals surface area contributed by atoms with E-state index in [1.165, 1.54) is 16.2 Å². The highest BCUT2D eigenvalue weighted by atomic mass is 32.1. The largest absolute Gasteiger partial charge is 0.333 e. The number of hydrogen-bond donors (Lipinski definition) is 0. The number of hydrogen-bond acceptors (Lipinski definition) is 5. The van der Waals surface area contributed by atoms with Crippen molar-refractivity contribution in [1.82, 2.24) is 14.8 Å². The maximum atomic E-state index is 13.4. The van der Waals surface area contributed by atoms with Crippen LogP contribution >= 0.6 is 11.3 Å². The minimum atomic E-state index is -0.114. The number of pyridine rings is 1. The molecule has 0 spiro atoms. The van der Waals surface area contributed by atoms with Crippen LogP contribution in [0.2, 0.25) is 0 Å². The van der Waals surface area contributed by atoms with Crippen LogP contribution in [-0.4, -0.2) is 59.2 Å². The summed E-state index contributed by atoms with van der Waals surface area (Å²) in [6.45, 7) is 3.48. The second-order valence-electron chi connectivity index (χ2n) is 7.86. The van der Waals surface area contributed by atoms with Crippen LogP contribution in [-0.2, 0) is 17.8 Å². The SMILES string of the molecule is CCN1C(=O)CN(C)C(=O)c2c1sc1c2CCN(C(=O)c2cccc3ccncc23)C1. The Bertz CT molecular complexity index is 1230. The molecule has 0 saturated carbocycles. The van der Waals surface area contributed by atoms with Gasteiger partial charge in [-0.15, -0.1) is 11.3 Å². The molecule has 0 unspecified atom stereocenters. The van der Waals surface area contributed by atoms with Gasteiger partial charge in [0.25, 0.3) is 11.8 Å². The van der Waals surface area contributed by atoms with Crippen LogP contribution < -0.4 is 4.90 Å². The first-order chi connectivity index (χ1) is 15.0. The van der Waals surface area contributed by atoms with Gasteiger partial charge >= 0.3 is 0 Å². The number of nitrogens with zero attached hydrogens (tertiary/aromatic N) is 4. The standard InChI is InChI=1S/C23H22N4O3S/c1-3-27-19(28)13-25(2)22(30)20-16-8-10-26(12-18(16)31-23(20)27)21(29)15-6-4-5-14-7-9-24-11-17(14)15/h4-7,9,11H,3,8,10,12-13H2,1-2H3. The highest BCUT2D eigenvalue weighted by Crippen LogP contribution is 2.41. The number of carbonyl (C=O) groups is 3. The van der Waals surface area contributed by atoms with Gasteiger partial charge in [0.15, 0.2) is 0 Å². The first-order valence-electron chi connectivity index (χ1n) is 10.3. The van der Waals surface area contributed by atoms with Gasteiger partial charge in [0.1, 0.15) is 11.5 Å². The number of likely N-dealkylation sites (N-methyl/N-ethyl adjacent to an activating group) is 2. The van der Waals surface area contributed by atoms with E-state index in [9.17, 15) is 14.4 Å². The van der Waals surface area contributed by atoms with Gasteiger partial charge < -0.3 is 14.7 Å². The van der Waals surface area contributed by atoms with E-state index in [1.807, 2.05) is 36.1 Å². The summed E-state index contributed by atoms with van der Waals surface area (Å²) in [7, 11) is 1.67. The zero-order valence-corrected chi connectivity index (χ0v) is 18.2. The molecular formula is C23H22N4O3S. The fraction of sp³-hybridized carbons (Fsp3) is 0.304. The second-order valence-corrected chi connectivity index (χ2v) is 8.95. The molecule has 8 heteroatoms. The van der Waals surface area contributed by atoms with Crippen LogP contribution in [0.3, 0.4) is 0 Å². The molecule has 2 aliphatic rings. The van der Waals surface area contributed by atoms with Gasteiger partial charge in [-0.1, -0.05) is 12.1 Å². The monoisotopic (exact) mass is 434 g/mol. The van der Waals surface area contributed by atoms with Crippen molar-refractivity contribution >= 4 is 44.8 Å². The third kappa shape index (κ3) is 3.09. The summed E-state index contributed by atoms with van der Waals surface area (Å²) in [5.74, 6) is -0.233. The van der Waals surface area contributed by atoms with Gasteiger partial charge in [0.2, 0.25) is 5.91 Å². The molecule has 2 aliphatic heterocycles. The highest BCUT2D eigenvalue weighted by Gasteiger charge is 2.37. The van der Waals surface area contributed by atoms with Crippen molar-refractivity contribution in [3.05, 3.63) is 58.2 Å². The number of aromatic nitrogens is 1. The van der Waals surface area contributed by atoms with Crippen molar-refractivity contribution in [1.29, 1.82) is 0 Å². The molecule has 0 fully saturated rings. The first kappa shape index (κ1) is 19.7. The molecule has 0 radical (unpaired) electrons. The molecule has 0 saturated heterocycles. The van der Waals surface area contributed by atoms with E-state index < -0.39 is 0 Å². The van der Waals surface area contributed by atoms with Crippen LogP contribution in [0.5, 0.6) is 0 Å². The van der Waals surface area contributed by atoms with Crippen molar-refractivity contribution < 1.29 is 14.4 Å².